The standard InChI is InChI=1S/C16H23BrN2/c17-15-11-13(14-5-4-8-18-12-14)6-7-16(15)19-9-2-1-3-10-19/h6-7,11,14,18H,1-5,8-10,12H2. The fourth-order valence-electron chi connectivity index (χ4n) is 3.30. The fourth-order valence-corrected chi connectivity index (χ4v) is 3.95. The van der Waals surface area contributed by atoms with Gasteiger partial charge in [0.1, 0.15) is 0 Å². The third-order valence-corrected chi connectivity index (χ3v) is 5.07. The fraction of sp³-hybridized carbons (Fsp3) is 0.625. The summed E-state index contributed by atoms with van der Waals surface area (Å²) >= 11 is 3.79. The quantitative estimate of drug-likeness (QED) is 0.888. The number of rotatable bonds is 2. The molecule has 2 nitrogen and oxygen atoms in total. The maximum absolute atomic E-state index is 3.79. The highest BCUT2D eigenvalue weighted by Gasteiger charge is 2.18. The molecule has 2 saturated heterocycles. The van der Waals surface area contributed by atoms with E-state index in [0.717, 1.165) is 6.54 Å². The molecule has 104 valence electrons. The average molecular weight is 323 g/mol. The van der Waals surface area contributed by atoms with E-state index in [-0.39, 0.29) is 0 Å². The molecule has 2 heterocycles. The molecule has 2 fully saturated rings. The zero-order valence-electron chi connectivity index (χ0n) is 11.5. The van der Waals surface area contributed by atoms with E-state index >= 15 is 0 Å². The summed E-state index contributed by atoms with van der Waals surface area (Å²) in [4.78, 5) is 2.52. The Kier molecular flexibility index (Phi) is 4.44. The van der Waals surface area contributed by atoms with Gasteiger partial charge in [0.25, 0.3) is 0 Å². The van der Waals surface area contributed by atoms with Crippen LogP contribution < -0.4 is 10.2 Å². The third-order valence-electron chi connectivity index (χ3n) is 4.44. The number of benzene rings is 1. The van der Waals surface area contributed by atoms with Crippen LogP contribution >= 0.6 is 15.9 Å². The maximum Gasteiger partial charge on any atom is 0.0510 e. The molecule has 0 saturated carbocycles. The van der Waals surface area contributed by atoms with E-state index < -0.39 is 0 Å². The SMILES string of the molecule is Brc1cc(C2CCCNC2)ccc1N1CCCCC1. The van der Waals surface area contributed by atoms with Crippen molar-refractivity contribution in [2.75, 3.05) is 31.1 Å². The lowest BCUT2D eigenvalue weighted by Gasteiger charge is -2.30. The van der Waals surface area contributed by atoms with E-state index in [2.05, 4.69) is 44.3 Å². The van der Waals surface area contributed by atoms with Crippen molar-refractivity contribution in [1.82, 2.24) is 5.32 Å². The van der Waals surface area contributed by atoms with Crippen LogP contribution in [0.25, 0.3) is 0 Å². The molecule has 3 heteroatoms. The molecule has 1 aromatic rings. The molecule has 1 N–H and O–H groups in total. The van der Waals surface area contributed by atoms with Gasteiger partial charge in [-0.3, -0.25) is 0 Å². The van der Waals surface area contributed by atoms with Crippen molar-refractivity contribution in [2.45, 2.75) is 38.0 Å². The predicted octanol–water partition coefficient (Wildman–Crippen LogP) is 3.91. The van der Waals surface area contributed by atoms with Crippen molar-refractivity contribution in [3.63, 3.8) is 0 Å². The molecule has 0 amide bonds. The molecular formula is C16H23BrN2. The number of hydrogen-bond acceptors (Lipinski definition) is 2. The number of piperidine rings is 2. The normalized spacial score (nSPS) is 24.5. The van der Waals surface area contributed by atoms with Crippen molar-refractivity contribution in [3.05, 3.63) is 28.2 Å². The predicted molar refractivity (Wildman–Crippen MR) is 85.1 cm³/mol. The molecule has 0 bridgehead atoms. The van der Waals surface area contributed by atoms with E-state index in [0.29, 0.717) is 5.92 Å². The van der Waals surface area contributed by atoms with E-state index in [1.165, 1.54) is 67.5 Å². The third kappa shape index (κ3) is 3.14. The lowest BCUT2D eigenvalue weighted by Crippen LogP contribution is -2.30. The summed E-state index contributed by atoms with van der Waals surface area (Å²) in [7, 11) is 0. The molecule has 3 rings (SSSR count). The Bertz CT molecular complexity index is 421. The van der Waals surface area contributed by atoms with E-state index in [1.807, 2.05) is 0 Å². The van der Waals surface area contributed by atoms with Gasteiger partial charge in [-0.1, -0.05) is 6.07 Å². The number of halogens is 1. The van der Waals surface area contributed by atoms with Gasteiger partial charge >= 0.3 is 0 Å². The number of hydrogen-bond donors (Lipinski definition) is 1. The Morgan fingerprint density at radius 1 is 1.11 bits per heavy atom. The number of nitrogens with zero attached hydrogens (tertiary/aromatic N) is 1. The molecule has 2 aliphatic heterocycles. The van der Waals surface area contributed by atoms with E-state index in [1.54, 1.807) is 0 Å². The summed E-state index contributed by atoms with van der Waals surface area (Å²) in [5, 5.41) is 3.51. The van der Waals surface area contributed by atoms with Gasteiger partial charge in [-0.25, -0.2) is 0 Å². The summed E-state index contributed by atoms with van der Waals surface area (Å²) in [5.74, 6) is 0.695. The zero-order chi connectivity index (χ0) is 13.1. The summed E-state index contributed by atoms with van der Waals surface area (Å²) in [5.41, 5.74) is 2.87. The highest BCUT2D eigenvalue weighted by Crippen LogP contribution is 2.33. The Balaban J connectivity index is 1.76. The van der Waals surface area contributed by atoms with Crippen LogP contribution in [0, 0.1) is 0 Å². The molecule has 0 radical (unpaired) electrons. The molecule has 1 aromatic carbocycles. The highest BCUT2D eigenvalue weighted by atomic mass is 79.9. The minimum atomic E-state index is 0.695. The van der Waals surface area contributed by atoms with Crippen LogP contribution in [0.2, 0.25) is 0 Å². The van der Waals surface area contributed by atoms with Gasteiger partial charge in [-0.05, 0) is 78.2 Å². The highest BCUT2D eigenvalue weighted by molar-refractivity contribution is 9.10. The van der Waals surface area contributed by atoms with Crippen LogP contribution in [0.15, 0.2) is 22.7 Å². The van der Waals surface area contributed by atoms with Gasteiger partial charge in [0, 0.05) is 24.1 Å². The van der Waals surface area contributed by atoms with E-state index in [9.17, 15) is 0 Å². The van der Waals surface area contributed by atoms with Crippen molar-refractivity contribution >= 4 is 21.6 Å². The maximum atomic E-state index is 3.79. The van der Waals surface area contributed by atoms with E-state index in [4.69, 9.17) is 0 Å². The average Bonchev–Trinajstić information content (AvgIpc) is 2.49. The monoisotopic (exact) mass is 322 g/mol. The van der Waals surface area contributed by atoms with Gasteiger partial charge in [0.2, 0.25) is 0 Å². The second-order valence-electron chi connectivity index (χ2n) is 5.80. The lowest BCUT2D eigenvalue weighted by atomic mass is 9.91. The van der Waals surface area contributed by atoms with Crippen molar-refractivity contribution in [1.29, 1.82) is 0 Å². The second kappa shape index (κ2) is 6.27. The minimum Gasteiger partial charge on any atom is -0.371 e. The van der Waals surface area contributed by atoms with Gasteiger partial charge in [0.05, 0.1) is 5.69 Å². The largest absolute Gasteiger partial charge is 0.371 e. The smallest absolute Gasteiger partial charge is 0.0510 e. The van der Waals surface area contributed by atoms with Crippen molar-refractivity contribution in [3.8, 4) is 0 Å². The molecule has 1 unspecified atom stereocenters. The lowest BCUT2D eigenvalue weighted by molar-refractivity contribution is 0.461. The van der Waals surface area contributed by atoms with Crippen molar-refractivity contribution < 1.29 is 0 Å². The van der Waals surface area contributed by atoms with Crippen LogP contribution in [0.3, 0.4) is 0 Å². The minimum absolute atomic E-state index is 0.695. The first-order chi connectivity index (χ1) is 9.34. The van der Waals surface area contributed by atoms with Crippen molar-refractivity contribution in [2.24, 2.45) is 0 Å². The van der Waals surface area contributed by atoms with Crippen LogP contribution in [0.4, 0.5) is 5.69 Å². The summed E-state index contributed by atoms with van der Waals surface area (Å²) in [6.45, 7) is 4.74. The first-order valence-corrected chi connectivity index (χ1v) is 8.39. The Hall–Kier alpha value is -0.540. The zero-order valence-corrected chi connectivity index (χ0v) is 13.1. The van der Waals surface area contributed by atoms with Gasteiger partial charge in [-0.15, -0.1) is 0 Å². The van der Waals surface area contributed by atoms with Gasteiger partial charge < -0.3 is 10.2 Å². The number of nitrogens with one attached hydrogen (secondary N) is 1. The number of anilines is 1. The molecule has 19 heavy (non-hydrogen) atoms. The Morgan fingerprint density at radius 2 is 1.95 bits per heavy atom. The molecular weight excluding hydrogens is 300 g/mol. The van der Waals surface area contributed by atoms with Gasteiger partial charge in [0.15, 0.2) is 0 Å². The molecule has 0 spiro atoms. The summed E-state index contributed by atoms with van der Waals surface area (Å²) in [6, 6.07) is 7.01. The molecule has 0 aliphatic carbocycles. The van der Waals surface area contributed by atoms with Gasteiger partial charge in [-0.2, -0.15) is 0 Å². The summed E-state index contributed by atoms with van der Waals surface area (Å²) < 4.78 is 1.28. The first kappa shape index (κ1) is 13.4. The molecule has 1 atom stereocenters. The Morgan fingerprint density at radius 3 is 2.63 bits per heavy atom. The van der Waals surface area contributed by atoms with Crippen LogP contribution in [0.5, 0.6) is 0 Å². The van der Waals surface area contributed by atoms with Crippen LogP contribution in [-0.2, 0) is 0 Å². The topological polar surface area (TPSA) is 15.3 Å². The van der Waals surface area contributed by atoms with Crippen LogP contribution in [-0.4, -0.2) is 26.2 Å². The summed E-state index contributed by atoms with van der Waals surface area (Å²) in [6.07, 6.45) is 6.68. The van der Waals surface area contributed by atoms with Crippen LogP contribution in [0.1, 0.15) is 43.6 Å². The second-order valence-corrected chi connectivity index (χ2v) is 6.66. The molecule has 0 aromatic heterocycles. The first-order valence-electron chi connectivity index (χ1n) is 7.60. The Labute approximate surface area is 124 Å². The molecule has 2 aliphatic rings.